The van der Waals surface area contributed by atoms with Gasteiger partial charge in [-0.05, 0) is 28.1 Å². The Morgan fingerprint density at radius 1 is 1.53 bits per heavy atom. The Hall–Kier alpha value is -0.980. The fourth-order valence-corrected chi connectivity index (χ4v) is 2.28. The maximum absolute atomic E-state index is 13.7. The molecule has 1 aliphatic rings. The molecule has 0 fully saturated rings. The molecule has 1 aromatic carbocycles. The first-order chi connectivity index (χ1) is 8.17. The summed E-state index contributed by atoms with van der Waals surface area (Å²) in [5.41, 5.74) is 6.70. The largest absolute Gasteiger partial charge is 0.497 e. The molecule has 0 aliphatic carbocycles. The zero-order chi connectivity index (χ0) is 12.4. The quantitative estimate of drug-likeness (QED) is 0.662. The molecule has 0 saturated heterocycles. The third kappa shape index (κ3) is 2.34. The molecule has 0 spiro atoms. The van der Waals surface area contributed by atoms with E-state index in [1.807, 2.05) is 0 Å². The van der Waals surface area contributed by atoms with E-state index in [9.17, 15) is 4.39 Å². The van der Waals surface area contributed by atoms with Crippen LogP contribution in [0.3, 0.4) is 0 Å². The number of halogens is 3. The molecule has 0 unspecified atom stereocenters. The van der Waals surface area contributed by atoms with Gasteiger partial charge in [-0.3, -0.25) is 0 Å². The van der Waals surface area contributed by atoms with Gasteiger partial charge in [-0.15, -0.1) is 17.1 Å². The van der Waals surface area contributed by atoms with Gasteiger partial charge in [-0.1, -0.05) is 0 Å². The molecule has 1 heterocycles. The second-order valence-corrected chi connectivity index (χ2v) is 4.31. The Morgan fingerprint density at radius 2 is 2.29 bits per heavy atom. The van der Waals surface area contributed by atoms with Crippen molar-refractivity contribution in [2.24, 2.45) is 0 Å². The maximum atomic E-state index is 13.7. The zero-order valence-corrected chi connectivity index (χ0v) is 11.3. The van der Waals surface area contributed by atoms with Gasteiger partial charge in [0.2, 0.25) is 0 Å². The number of anilines is 1. The van der Waals surface area contributed by atoms with Gasteiger partial charge in [0, 0.05) is 6.07 Å². The van der Waals surface area contributed by atoms with E-state index < -0.39 is 0 Å². The Balaban J connectivity index is 2.38. The number of ether oxygens (including phenoxy) is 1. The zero-order valence-electron chi connectivity index (χ0n) is 8.93. The molecule has 2 N–H and O–H groups in total. The number of rotatable bonds is 3. The molecule has 17 heavy (non-hydrogen) atoms. The van der Waals surface area contributed by atoms with Crippen molar-refractivity contribution in [1.82, 2.24) is 11.0 Å². The Morgan fingerprint density at radius 3 is 2.88 bits per heavy atom. The van der Waals surface area contributed by atoms with Crippen molar-refractivity contribution in [2.45, 2.75) is 0 Å². The van der Waals surface area contributed by atoms with Gasteiger partial charge < -0.3 is 10.2 Å². The highest BCUT2D eigenvalue weighted by molar-refractivity contribution is 9.11. The summed E-state index contributed by atoms with van der Waals surface area (Å²) in [5, 5.41) is 1.51. The Bertz CT molecular complexity index is 469. The number of hydrogen-bond donors (Lipinski definition) is 2. The van der Waals surface area contributed by atoms with Crippen molar-refractivity contribution in [3.63, 3.8) is 0 Å². The van der Waals surface area contributed by atoms with Crippen LogP contribution in [0.5, 0.6) is 5.75 Å². The van der Waals surface area contributed by atoms with Crippen LogP contribution in [0.15, 0.2) is 28.5 Å². The lowest BCUT2D eigenvalue weighted by Crippen LogP contribution is -2.37. The van der Waals surface area contributed by atoms with Gasteiger partial charge in [0.15, 0.2) is 0 Å². The predicted octanol–water partition coefficient (Wildman–Crippen LogP) is 2.47. The third-order valence-electron chi connectivity index (χ3n) is 2.29. The molecule has 2 rings (SSSR count). The van der Waals surface area contributed by atoms with Crippen molar-refractivity contribution < 1.29 is 9.13 Å². The molecule has 4 nitrogen and oxygen atoms in total. The lowest BCUT2D eigenvalue weighted by atomic mass is 10.3. The second-order valence-electron chi connectivity index (χ2n) is 3.29. The normalized spacial score (nSPS) is 15.2. The van der Waals surface area contributed by atoms with E-state index in [-0.39, 0.29) is 11.7 Å². The molecule has 7 heteroatoms. The average molecular weight is 323 g/mol. The summed E-state index contributed by atoms with van der Waals surface area (Å²) < 4.78 is 19.4. The lowest BCUT2D eigenvalue weighted by molar-refractivity contribution is 0.413. The molecule has 0 bridgehead atoms. The monoisotopic (exact) mass is 321 g/mol. The lowest BCUT2D eigenvalue weighted by Gasteiger charge is -2.19. The van der Waals surface area contributed by atoms with Gasteiger partial charge in [-0.25, -0.2) is 9.40 Å². The van der Waals surface area contributed by atoms with Crippen molar-refractivity contribution in [3.8, 4) is 5.75 Å². The van der Waals surface area contributed by atoms with Crippen molar-refractivity contribution in [2.75, 3.05) is 18.0 Å². The van der Waals surface area contributed by atoms with Gasteiger partial charge in [-0.2, -0.15) is 0 Å². The fraction of sp³-hybridized carbons (Fsp3) is 0.200. The van der Waals surface area contributed by atoms with E-state index in [0.29, 0.717) is 16.0 Å². The number of nitrogens with one attached hydrogen (secondary N) is 2. The molecule has 0 saturated carbocycles. The average Bonchev–Trinajstić information content (AvgIpc) is 2.71. The van der Waals surface area contributed by atoms with Gasteiger partial charge in [0.05, 0.1) is 24.4 Å². The molecule has 0 aromatic heterocycles. The van der Waals surface area contributed by atoms with E-state index in [1.165, 1.54) is 18.2 Å². The van der Waals surface area contributed by atoms with Crippen LogP contribution in [-0.2, 0) is 0 Å². The fourth-order valence-electron chi connectivity index (χ4n) is 1.40. The molecule has 0 amide bonds. The van der Waals surface area contributed by atoms with E-state index in [4.69, 9.17) is 16.3 Å². The van der Waals surface area contributed by atoms with E-state index in [0.717, 1.165) is 5.70 Å². The van der Waals surface area contributed by atoms with Crippen molar-refractivity contribution in [1.29, 1.82) is 0 Å². The number of hydrazine groups is 2. The van der Waals surface area contributed by atoms with Gasteiger partial charge in [0.1, 0.15) is 16.2 Å². The maximum Gasteiger partial charge on any atom is 0.148 e. The van der Waals surface area contributed by atoms with Crippen LogP contribution in [0, 0.1) is 5.82 Å². The topological polar surface area (TPSA) is 36.5 Å². The summed E-state index contributed by atoms with van der Waals surface area (Å²) in [6, 6.07) is 4.49. The number of nitrogens with zero attached hydrogens (tertiary/aromatic N) is 1. The molecular formula is C10H10BrClFN3O. The molecule has 0 atom stereocenters. The number of methoxy groups -OCH3 is 1. The van der Waals surface area contributed by atoms with Crippen molar-refractivity contribution >= 4 is 33.2 Å². The van der Waals surface area contributed by atoms with E-state index in [2.05, 4.69) is 26.9 Å². The highest BCUT2D eigenvalue weighted by atomic mass is 79.9. The van der Waals surface area contributed by atoms with E-state index >= 15 is 0 Å². The smallest absolute Gasteiger partial charge is 0.148 e. The van der Waals surface area contributed by atoms with Crippen LogP contribution in [0.25, 0.3) is 0 Å². The Labute approximate surface area is 111 Å². The SMILES string of the molecule is COc1ccc(F)c(N2NNC(CCl)=C2Br)c1. The summed E-state index contributed by atoms with van der Waals surface area (Å²) in [5.74, 6) is 0.492. The highest BCUT2D eigenvalue weighted by Crippen LogP contribution is 2.31. The standard InChI is InChI=1S/C10H10BrClFN3O/c1-17-6-2-3-7(13)9(4-6)16-10(11)8(5-12)14-15-16/h2-4,14-15H,5H2,1H3. The number of hydrogen-bond acceptors (Lipinski definition) is 4. The van der Waals surface area contributed by atoms with Crippen LogP contribution in [0.2, 0.25) is 0 Å². The summed E-state index contributed by atoms with van der Waals surface area (Å²) in [7, 11) is 1.53. The van der Waals surface area contributed by atoms with Gasteiger partial charge in [0.25, 0.3) is 0 Å². The predicted molar refractivity (Wildman–Crippen MR) is 68.4 cm³/mol. The number of allylic oxidation sites excluding steroid dienone is 1. The minimum absolute atomic E-state index is 0.287. The van der Waals surface area contributed by atoms with Gasteiger partial charge >= 0.3 is 0 Å². The Kier molecular flexibility index (Phi) is 3.76. The minimum atomic E-state index is -0.368. The van der Waals surface area contributed by atoms with Crippen LogP contribution >= 0.6 is 27.5 Å². The minimum Gasteiger partial charge on any atom is -0.497 e. The second kappa shape index (κ2) is 5.12. The number of benzene rings is 1. The van der Waals surface area contributed by atoms with Crippen LogP contribution < -0.4 is 20.7 Å². The first kappa shape index (κ1) is 12.5. The molecule has 1 aliphatic heterocycles. The molecule has 1 aromatic rings. The summed E-state index contributed by atoms with van der Waals surface area (Å²) in [6.07, 6.45) is 0. The molecule has 92 valence electrons. The first-order valence-corrected chi connectivity index (χ1v) is 6.10. The first-order valence-electron chi connectivity index (χ1n) is 4.77. The van der Waals surface area contributed by atoms with Crippen LogP contribution in [-0.4, -0.2) is 13.0 Å². The molecular weight excluding hydrogens is 312 g/mol. The highest BCUT2D eigenvalue weighted by Gasteiger charge is 2.23. The van der Waals surface area contributed by atoms with Crippen LogP contribution in [0.1, 0.15) is 0 Å². The van der Waals surface area contributed by atoms with E-state index in [1.54, 1.807) is 12.1 Å². The summed E-state index contributed by atoms with van der Waals surface area (Å²) in [4.78, 5) is 0. The number of alkyl halides is 1. The third-order valence-corrected chi connectivity index (χ3v) is 3.39. The molecule has 0 radical (unpaired) electrons. The van der Waals surface area contributed by atoms with Crippen LogP contribution in [0.4, 0.5) is 10.1 Å². The summed E-state index contributed by atoms with van der Waals surface area (Å²) >= 11 is 9.06. The van der Waals surface area contributed by atoms with Crippen molar-refractivity contribution in [3.05, 3.63) is 34.3 Å². The summed E-state index contributed by atoms with van der Waals surface area (Å²) in [6.45, 7) is 0.